The first-order valence-electron chi connectivity index (χ1n) is 13.5. The average Bonchev–Trinajstić information content (AvgIpc) is 3.42. The molecule has 212 valence electrons. The minimum absolute atomic E-state index is 0.0331. The second-order valence-electron chi connectivity index (χ2n) is 10.3. The molecular weight excluding hydrogens is 509 g/mol. The number of hydrogen-bond acceptors (Lipinski definition) is 8. The van der Waals surface area contributed by atoms with Crippen LogP contribution in [0.4, 0.5) is 13.2 Å². The first-order valence-corrected chi connectivity index (χ1v) is 13.5. The highest BCUT2D eigenvalue weighted by Gasteiger charge is 2.52. The maximum Gasteiger partial charge on any atom is 0.416 e. The largest absolute Gasteiger partial charge is 0.491 e. The fourth-order valence-corrected chi connectivity index (χ4v) is 5.52. The molecule has 4 fully saturated rings. The number of benzene rings is 1. The number of halogens is 3. The van der Waals surface area contributed by atoms with E-state index < -0.39 is 30.2 Å². The summed E-state index contributed by atoms with van der Waals surface area (Å²) in [6.07, 6.45) is -0.631. The van der Waals surface area contributed by atoms with E-state index in [0.29, 0.717) is 26.1 Å². The van der Waals surface area contributed by atoms with E-state index in [2.05, 4.69) is 0 Å². The number of carbonyl (C=O) groups excluding carboxylic acids is 1. The van der Waals surface area contributed by atoms with Crippen LogP contribution in [-0.2, 0) is 39.4 Å². The molecule has 11 heteroatoms. The van der Waals surface area contributed by atoms with Crippen LogP contribution in [0.3, 0.4) is 0 Å². The van der Waals surface area contributed by atoms with Gasteiger partial charge in [-0.3, -0.25) is 4.79 Å². The lowest BCUT2D eigenvalue weighted by Gasteiger charge is -2.32. The van der Waals surface area contributed by atoms with Gasteiger partial charge >= 0.3 is 12.1 Å². The summed E-state index contributed by atoms with van der Waals surface area (Å²) in [5, 5.41) is 0. The van der Waals surface area contributed by atoms with Crippen molar-refractivity contribution in [2.45, 2.75) is 94.5 Å². The lowest BCUT2D eigenvalue weighted by molar-refractivity contribution is -0.226. The quantitative estimate of drug-likeness (QED) is 0.395. The predicted octanol–water partition coefficient (Wildman–Crippen LogP) is 4.63. The summed E-state index contributed by atoms with van der Waals surface area (Å²) < 4.78 is 80.8. The van der Waals surface area contributed by atoms with E-state index >= 15 is 0 Å². The smallest absolute Gasteiger partial charge is 0.416 e. The molecule has 8 nitrogen and oxygen atoms in total. The van der Waals surface area contributed by atoms with Gasteiger partial charge in [-0.2, -0.15) is 13.2 Å². The van der Waals surface area contributed by atoms with Crippen molar-refractivity contribution in [2.24, 2.45) is 5.92 Å². The van der Waals surface area contributed by atoms with Crippen LogP contribution in [-0.4, -0.2) is 69.4 Å². The van der Waals surface area contributed by atoms with E-state index in [-0.39, 0.29) is 55.8 Å². The molecule has 1 aromatic rings. The highest BCUT2D eigenvalue weighted by molar-refractivity contribution is 5.72. The zero-order valence-corrected chi connectivity index (χ0v) is 21.2. The monoisotopic (exact) mass is 544 g/mol. The Morgan fingerprint density at radius 2 is 1.76 bits per heavy atom. The second kappa shape index (κ2) is 12.5. The van der Waals surface area contributed by atoms with Crippen LogP contribution in [0, 0.1) is 5.92 Å². The number of fused-ring (bicyclic) bond motifs is 1. The van der Waals surface area contributed by atoms with Gasteiger partial charge in [-0.15, -0.1) is 0 Å². The Morgan fingerprint density at radius 1 is 1.00 bits per heavy atom. The molecular formula is C27H35F3O8. The van der Waals surface area contributed by atoms with Crippen molar-refractivity contribution in [1.29, 1.82) is 0 Å². The molecule has 0 N–H and O–H groups in total. The normalized spacial score (nSPS) is 32.6. The van der Waals surface area contributed by atoms with Gasteiger partial charge in [0.15, 0.2) is 12.6 Å². The van der Waals surface area contributed by atoms with Crippen LogP contribution in [0.15, 0.2) is 24.3 Å². The summed E-state index contributed by atoms with van der Waals surface area (Å²) in [4.78, 5) is 12.0. The summed E-state index contributed by atoms with van der Waals surface area (Å²) in [6.45, 7) is 1.28. The number of carbonyl (C=O) groups is 1. The van der Waals surface area contributed by atoms with Gasteiger partial charge in [-0.1, -0.05) is 6.07 Å². The van der Waals surface area contributed by atoms with Gasteiger partial charge in [-0.25, -0.2) is 0 Å². The van der Waals surface area contributed by atoms with Gasteiger partial charge < -0.3 is 33.2 Å². The van der Waals surface area contributed by atoms with E-state index in [1.165, 1.54) is 12.1 Å². The Labute approximate surface area is 220 Å². The molecule has 5 rings (SSSR count). The molecule has 0 spiro atoms. The zero-order chi connectivity index (χ0) is 26.5. The van der Waals surface area contributed by atoms with Gasteiger partial charge in [0.05, 0.1) is 30.8 Å². The third-order valence-corrected chi connectivity index (χ3v) is 7.43. The number of alkyl halides is 3. The fraction of sp³-hybridized carbons (Fsp3) is 0.741. The van der Waals surface area contributed by atoms with E-state index in [0.717, 1.165) is 44.2 Å². The highest BCUT2D eigenvalue weighted by atomic mass is 19.4. The summed E-state index contributed by atoms with van der Waals surface area (Å²) >= 11 is 0. The van der Waals surface area contributed by atoms with E-state index in [1.807, 2.05) is 0 Å². The molecule has 0 bridgehead atoms. The van der Waals surface area contributed by atoms with Crippen LogP contribution < -0.4 is 4.74 Å². The van der Waals surface area contributed by atoms with Gasteiger partial charge in [-0.05, 0) is 56.7 Å². The van der Waals surface area contributed by atoms with Crippen LogP contribution in [0.25, 0.3) is 0 Å². The molecule has 4 aliphatic rings. The van der Waals surface area contributed by atoms with Crippen molar-refractivity contribution in [3.63, 3.8) is 0 Å². The Balaban J connectivity index is 1.24. The molecule has 7 unspecified atom stereocenters. The van der Waals surface area contributed by atoms with Crippen LogP contribution in [0.5, 0.6) is 5.75 Å². The first kappa shape index (κ1) is 27.6. The van der Waals surface area contributed by atoms with Gasteiger partial charge in [0.1, 0.15) is 24.6 Å². The number of hydrogen-bond donors (Lipinski definition) is 0. The SMILES string of the molecule is O=C1CC2C(CC(OC3CCCCO3)C2OCC(COc2cccc(C(F)(F)F)c2)OC2CCCCO2)O1. The van der Waals surface area contributed by atoms with E-state index in [1.54, 1.807) is 0 Å². The molecule has 38 heavy (non-hydrogen) atoms. The maximum absolute atomic E-state index is 13.1. The predicted molar refractivity (Wildman–Crippen MR) is 126 cm³/mol. The Hall–Kier alpha value is -1.92. The molecule has 0 radical (unpaired) electrons. The standard InChI is InChI=1S/C27H35F3O8/c28-27(29,30)17-6-5-7-18(12-17)34-15-19(36-24-8-1-3-10-32-24)16-35-26-20-13-23(31)37-21(20)14-22(26)38-25-9-2-4-11-33-25/h5-7,12,19-22,24-26H,1-4,8-11,13-16H2. The van der Waals surface area contributed by atoms with Crippen molar-refractivity contribution < 1.29 is 51.1 Å². The molecule has 0 amide bonds. The highest BCUT2D eigenvalue weighted by Crippen LogP contribution is 2.41. The van der Waals surface area contributed by atoms with Crippen molar-refractivity contribution >= 4 is 5.97 Å². The van der Waals surface area contributed by atoms with Crippen molar-refractivity contribution in [1.82, 2.24) is 0 Å². The molecule has 3 heterocycles. The molecule has 7 atom stereocenters. The average molecular weight is 545 g/mol. The lowest BCUT2D eigenvalue weighted by atomic mass is 10.0. The van der Waals surface area contributed by atoms with Gasteiger partial charge in [0, 0.05) is 25.6 Å². The molecule has 0 aromatic heterocycles. The second-order valence-corrected chi connectivity index (χ2v) is 10.3. The van der Waals surface area contributed by atoms with E-state index in [9.17, 15) is 18.0 Å². The first-order chi connectivity index (χ1) is 18.3. The van der Waals surface area contributed by atoms with Crippen molar-refractivity contribution in [2.75, 3.05) is 26.4 Å². The van der Waals surface area contributed by atoms with Crippen molar-refractivity contribution in [3.8, 4) is 5.75 Å². The van der Waals surface area contributed by atoms with Crippen LogP contribution in [0.1, 0.15) is 56.9 Å². The summed E-state index contributed by atoms with van der Waals surface area (Å²) in [5.41, 5.74) is -0.785. The third-order valence-electron chi connectivity index (χ3n) is 7.43. The third kappa shape index (κ3) is 7.18. The molecule has 1 aliphatic carbocycles. The molecule has 1 aromatic carbocycles. The minimum Gasteiger partial charge on any atom is -0.491 e. The number of rotatable bonds is 10. The van der Waals surface area contributed by atoms with Crippen molar-refractivity contribution in [3.05, 3.63) is 29.8 Å². The van der Waals surface area contributed by atoms with Crippen LogP contribution >= 0.6 is 0 Å². The Morgan fingerprint density at radius 3 is 2.47 bits per heavy atom. The number of esters is 1. The Bertz CT molecular complexity index is 916. The summed E-state index contributed by atoms with van der Waals surface area (Å²) in [5.74, 6) is -0.311. The molecule has 3 aliphatic heterocycles. The van der Waals surface area contributed by atoms with Gasteiger partial charge in [0.2, 0.25) is 0 Å². The molecule has 1 saturated carbocycles. The topological polar surface area (TPSA) is 81.7 Å². The Kier molecular flexibility index (Phi) is 9.10. The molecule has 3 saturated heterocycles. The lowest BCUT2D eigenvalue weighted by Crippen LogP contribution is -2.40. The van der Waals surface area contributed by atoms with Gasteiger partial charge in [0.25, 0.3) is 0 Å². The number of ether oxygens (including phenoxy) is 7. The summed E-state index contributed by atoms with van der Waals surface area (Å²) in [7, 11) is 0. The maximum atomic E-state index is 13.1. The summed E-state index contributed by atoms with van der Waals surface area (Å²) in [6, 6.07) is 4.74. The van der Waals surface area contributed by atoms with E-state index in [4.69, 9.17) is 33.2 Å². The van der Waals surface area contributed by atoms with Crippen LogP contribution in [0.2, 0.25) is 0 Å². The minimum atomic E-state index is -4.47. The zero-order valence-electron chi connectivity index (χ0n) is 21.2. The fourth-order valence-electron chi connectivity index (χ4n) is 5.52.